The average molecular weight is 377 g/mol. The van der Waals surface area contributed by atoms with Crippen LogP contribution in [0.5, 0.6) is 5.75 Å². The Morgan fingerprint density at radius 3 is 2.64 bits per heavy atom. The first kappa shape index (κ1) is 18.9. The molecule has 28 heavy (non-hydrogen) atoms. The lowest BCUT2D eigenvalue weighted by molar-refractivity contribution is 0.152. The van der Waals surface area contributed by atoms with Crippen molar-refractivity contribution in [3.63, 3.8) is 0 Å². The van der Waals surface area contributed by atoms with Crippen LogP contribution in [-0.2, 0) is 6.54 Å². The van der Waals surface area contributed by atoms with Gasteiger partial charge in [0.25, 0.3) is 0 Å². The van der Waals surface area contributed by atoms with Gasteiger partial charge in [0.1, 0.15) is 5.75 Å². The third kappa shape index (κ3) is 4.20. The van der Waals surface area contributed by atoms with Crippen LogP contribution in [0, 0.1) is 17.2 Å². The van der Waals surface area contributed by atoms with Gasteiger partial charge < -0.3 is 4.74 Å². The molecule has 5 nitrogen and oxygen atoms in total. The SMILES string of the molecule is COc1cccc(C2CNNC2C2CCN(Cc3ccc(C#N)cc3)CC2)c1. The summed E-state index contributed by atoms with van der Waals surface area (Å²) >= 11 is 0. The second-order valence-electron chi connectivity index (χ2n) is 7.86. The summed E-state index contributed by atoms with van der Waals surface area (Å²) in [6, 6.07) is 19.1. The molecule has 4 rings (SSSR count). The van der Waals surface area contributed by atoms with Crippen molar-refractivity contribution in [2.75, 3.05) is 26.7 Å². The van der Waals surface area contributed by atoms with Gasteiger partial charge in [0.15, 0.2) is 0 Å². The van der Waals surface area contributed by atoms with Gasteiger partial charge >= 0.3 is 0 Å². The Morgan fingerprint density at radius 2 is 1.93 bits per heavy atom. The fourth-order valence-corrected chi connectivity index (χ4v) is 4.57. The van der Waals surface area contributed by atoms with Crippen molar-refractivity contribution in [3.05, 3.63) is 65.2 Å². The minimum atomic E-state index is 0.462. The number of nitrogens with one attached hydrogen (secondary N) is 2. The quantitative estimate of drug-likeness (QED) is 0.840. The van der Waals surface area contributed by atoms with Gasteiger partial charge in [-0.25, -0.2) is 0 Å². The molecular formula is C23H28N4O. The van der Waals surface area contributed by atoms with E-state index in [4.69, 9.17) is 10.00 Å². The maximum Gasteiger partial charge on any atom is 0.119 e. The Bertz CT molecular complexity index is 821. The van der Waals surface area contributed by atoms with E-state index in [0.717, 1.165) is 37.5 Å². The first-order chi connectivity index (χ1) is 13.8. The first-order valence-corrected chi connectivity index (χ1v) is 10.1. The van der Waals surface area contributed by atoms with E-state index in [9.17, 15) is 0 Å². The monoisotopic (exact) mass is 376 g/mol. The molecule has 2 aromatic rings. The summed E-state index contributed by atoms with van der Waals surface area (Å²) < 4.78 is 5.42. The number of rotatable bonds is 5. The second-order valence-corrected chi connectivity index (χ2v) is 7.86. The highest BCUT2D eigenvalue weighted by Gasteiger charge is 2.36. The second kappa shape index (κ2) is 8.74. The van der Waals surface area contributed by atoms with E-state index in [-0.39, 0.29) is 0 Å². The molecule has 2 atom stereocenters. The lowest BCUT2D eigenvalue weighted by atomic mass is 9.80. The van der Waals surface area contributed by atoms with E-state index in [1.165, 1.54) is 24.0 Å². The third-order valence-corrected chi connectivity index (χ3v) is 6.18. The van der Waals surface area contributed by atoms with Crippen molar-refractivity contribution in [2.45, 2.75) is 31.3 Å². The van der Waals surface area contributed by atoms with Crippen LogP contribution in [0.1, 0.15) is 35.4 Å². The summed E-state index contributed by atoms with van der Waals surface area (Å²) in [6.07, 6.45) is 2.41. The maximum absolute atomic E-state index is 8.94. The zero-order chi connectivity index (χ0) is 19.3. The lowest BCUT2D eigenvalue weighted by Crippen LogP contribution is -2.44. The smallest absolute Gasteiger partial charge is 0.119 e. The molecule has 2 aromatic carbocycles. The third-order valence-electron chi connectivity index (χ3n) is 6.18. The minimum Gasteiger partial charge on any atom is -0.497 e. The number of ether oxygens (including phenoxy) is 1. The topological polar surface area (TPSA) is 60.3 Å². The Labute approximate surface area is 167 Å². The number of hydrazine groups is 1. The van der Waals surface area contributed by atoms with E-state index < -0.39 is 0 Å². The van der Waals surface area contributed by atoms with E-state index in [1.807, 2.05) is 18.2 Å². The normalized spacial score (nSPS) is 23.4. The van der Waals surface area contributed by atoms with E-state index >= 15 is 0 Å². The molecule has 146 valence electrons. The highest BCUT2D eigenvalue weighted by atomic mass is 16.5. The number of benzene rings is 2. The zero-order valence-corrected chi connectivity index (χ0v) is 16.4. The number of piperidine rings is 1. The number of hydrogen-bond acceptors (Lipinski definition) is 5. The van der Waals surface area contributed by atoms with Crippen LogP contribution in [0.25, 0.3) is 0 Å². The average Bonchev–Trinajstić information content (AvgIpc) is 3.25. The van der Waals surface area contributed by atoms with Crippen LogP contribution < -0.4 is 15.6 Å². The number of nitrogens with zero attached hydrogens (tertiary/aromatic N) is 2. The van der Waals surface area contributed by atoms with E-state index in [2.05, 4.69) is 52.2 Å². The van der Waals surface area contributed by atoms with Crippen LogP contribution in [0.15, 0.2) is 48.5 Å². The van der Waals surface area contributed by atoms with Gasteiger partial charge in [-0.15, -0.1) is 0 Å². The molecule has 2 heterocycles. The summed E-state index contributed by atoms with van der Waals surface area (Å²) in [5.74, 6) is 2.08. The largest absolute Gasteiger partial charge is 0.497 e. The summed E-state index contributed by atoms with van der Waals surface area (Å²) in [4.78, 5) is 2.53. The van der Waals surface area contributed by atoms with Crippen molar-refractivity contribution < 1.29 is 4.74 Å². The van der Waals surface area contributed by atoms with Gasteiger partial charge in [0, 0.05) is 25.0 Å². The molecule has 0 spiro atoms. The fraction of sp³-hybridized carbons (Fsp3) is 0.435. The van der Waals surface area contributed by atoms with Crippen LogP contribution >= 0.6 is 0 Å². The lowest BCUT2D eigenvalue weighted by Gasteiger charge is -2.36. The highest BCUT2D eigenvalue weighted by molar-refractivity contribution is 5.33. The first-order valence-electron chi connectivity index (χ1n) is 10.1. The van der Waals surface area contributed by atoms with Crippen LogP contribution in [-0.4, -0.2) is 37.7 Å². The highest BCUT2D eigenvalue weighted by Crippen LogP contribution is 2.33. The van der Waals surface area contributed by atoms with Gasteiger partial charge in [-0.3, -0.25) is 15.8 Å². The molecule has 0 amide bonds. The number of likely N-dealkylation sites (tertiary alicyclic amines) is 1. The van der Waals surface area contributed by atoms with Crippen molar-refractivity contribution >= 4 is 0 Å². The molecular weight excluding hydrogens is 348 g/mol. The van der Waals surface area contributed by atoms with Gasteiger partial charge in [0.05, 0.1) is 18.7 Å². The van der Waals surface area contributed by atoms with Gasteiger partial charge in [-0.05, 0) is 67.2 Å². The molecule has 0 aliphatic carbocycles. The van der Waals surface area contributed by atoms with Crippen LogP contribution in [0.2, 0.25) is 0 Å². The molecule has 2 N–H and O–H groups in total. The van der Waals surface area contributed by atoms with Crippen molar-refractivity contribution in [2.24, 2.45) is 5.92 Å². The molecule has 2 saturated heterocycles. The summed E-state index contributed by atoms with van der Waals surface area (Å²) in [5.41, 5.74) is 10.3. The van der Waals surface area contributed by atoms with E-state index in [1.54, 1.807) is 7.11 Å². The molecule has 0 radical (unpaired) electrons. The molecule has 0 bridgehead atoms. The van der Waals surface area contributed by atoms with Crippen molar-refractivity contribution in [1.82, 2.24) is 15.8 Å². The number of hydrogen-bond donors (Lipinski definition) is 2. The predicted octanol–water partition coefficient (Wildman–Crippen LogP) is 3.04. The predicted molar refractivity (Wildman–Crippen MR) is 110 cm³/mol. The van der Waals surface area contributed by atoms with Gasteiger partial charge in [-0.1, -0.05) is 24.3 Å². The molecule has 2 aliphatic rings. The Balaban J connectivity index is 1.35. The molecule has 0 saturated carbocycles. The van der Waals surface area contributed by atoms with Crippen LogP contribution in [0.3, 0.4) is 0 Å². The standard InChI is InChI=1S/C23H28N4O/c1-28-21-4-2-3-20(13-21)22-15-25-26-23(22)19-9-11-27(12-10-19)16-18-7-5-17(14-24)6-8-18/h2-8,13,19,22-23,25-26H,9-12,15-16H2,1H3. The van der Waals surface area contributed by atoms with Gasteiger partial charge in [0.2, 0.25) is 0 Å². The minimum absolute atomic E-state index is 0.462. The van der Waals surface area contributed by atoms with E-state index in [0.29, 0.717) is 17.9 Å². The molecule has 2 fully saturated rings. The maximum atomic E-state index is 8.94. The number of methoxy groups -OCH3 is 1. The summed E-state index contributed by atoms with van der Waals surface area (Å²) in [6.45, 7) is 4.17. The van der Waals surface area contributed by atoms with Crippen LogP contribution in [0.4, 0.5) is 0 Å². The summed E-state index contributed by atoms with van der Waals surface area (Å²) in [7, 11) is 1.73. The van der Waals surface area contributed by atoms with Gasteiger partial charge in [-0.2, -0.15) is 5.26 Å². The molecule has 0 aromatic heterocycles. The van der Waals surface area contributed by atoms with Crippen molar-refractivity contribution in [3.8, 4) is 11.8 Å². The molecule has 2 aliphatic heterocycles. The summed E-state index contributed by atoms with van der Waals surface area (Å²) in [5, 5.41) is 8.94. The zero-order valence-electron chi connectivity index (χ0n) is 16.4. The number of nitriles is 1. The molecule has 2 unspecified atom stereocenters. The van der Waals surface area contributed by atoms with Crippen molar-refractivity contribution in [1.29, 1.82) is 5.26 Å². The Morgan fingerprint density at radius 1 is 1.14 bits per heavy atom. The Hall–Kier alpha value is -2.39. The Kier molecular flexibility index (Phi) is 5.92. The molecule has 5 heteroatoms. The fourth-order valence-electron chi connectivity index (χ4n) is 4.57.